The Morgan fingerprint density at radius 1 is 1.14 bits per heavy atom. The van der Waals surface area contributed by atoms with E-state index in [4.69, 9.17) is 4.74 Å². The second kappa shape index (κ2) is 6.81. The summed E-state index contributed by atoms with van der Waals surface area (Å²) >= 11 is 1.29. The molecule has 152 valence electrons. The van der Waals surface area contributed by atoms with Gasteiger partial charge in [-0.2, -0.15) is 0 Å². The summed E-state index contributed by atoms with van der Waals surface area (Å²) in [6.45, 7) is 1.52. The fraction of sp³-hybridized carbons (Fsp3) is 0.476. The number of rotatable bonds is 2. The predicted molar refractivity (Wildman–Crippen MR) is 107 cm³/mol. The molecule has 0 bridgehead atoms. The number of hydrogen-bond donors (Lipinski definition) is 2. The summed E-state index contributed by atoms with van der Waals surface area (Å²) in [4.78, 5) is 42.7. The maximum atomic E-state index is 13.0. The molecule has 1 saturated heterocycles. The monoisotopic (exact) mass is 414 g/mol. The number of carboxylic acids is 1. The Kier molecular flexibility index (Phi) is 4.36. The Morgan fingerprint density at radius 2 is 1.93 bits per heavy atom. The van der Waals surface area contributed by atoms with Gasteiger partial charge < -0.3 is 19.7 Å². The highest BCUT2D eigenvalue weighted by molar-refractivity contribution is 7.14. The quantitative estimate of drug-likeness (QED) is 0.786. The molecule has 4 heterocycles. The van der Waals surface area contributed by atoms with Crippen LogP contribution in [-0.2, 0) is 29.6 Å². The lowest BCUT2D eigenvalue weighted by Crippen LogP contribution is -2.48. The van der Waals surface area contributed by atoms with Crippen LogP contribution in [-0.4, -0.2) is 46.6 Å². The maximum Gasteiger partial charge on any atom is 0.345 e. The van der Waals surface area contributed by atoms with E-state index in [0.717, 1.165) is 41.0 Å². The van der Waals surface area contributed by atoms with Gasteiger partial charge in [0.05, 0.1) is 6.61 Å². The Balaban J connectivity index is 1.37. The van der Waals surface area contributed by atoms with Crippen LogP contribution < -0.4 is 5.56 Å². The molecule has 3 aliphatic rings. The van der Waals surface area contributed by atoms with Gasteiger partial charge in [0.15, 0.2) is 0 Å². The van der Waals surface area contributed by atoms with Gasteiger partial charge in [0.25, 0.3) is 11.5 Å². The van der Waals surface area contributed by atoms with Crippen molar-refractivity contribution in [2.75, 3.05) is 19.7 Å². The van der Waals surface area contributed by atoms with Gasteiger partial charge in [0.1, 0.15) is 16.0 Å². The van der Waals surface area contributed by atoms with Crippen LogP contribution in [0.15, 0.2) is 16.9 Å². The summed E-state index contributed by atoms with van der Waals surface area (Å²) in [5, 5.41) is 9.34. The van der Waals surface area contributed by atoms with Crippen molar-refractivity contribution < 1.29 is 19.4 Å². The largest absolute Gasteiger partial charge is 0.477 e. The number of ether oxygens (including phenoxy) is 1. The number of likely N-dealkylation sites (tertiary alicyclic amines) is 1. The first kappa shape index (κ1) is 18.6. The number of hydrogen-bond acceptors (Lipinski definition) is 5. The van der Waals surface area contributed by atoms with Crippen molar-refractivity contribution in [3.8, 4) is 0 Å². The molecule has 7 nitrogen and oxygen atoms in total. The summed E-state index contributed by atoms with van der Waals surface area (Å²) in [7, 11) is 0. The fourth-order valence-electron chi connectivity index (χ4n) is 4.81. The van der Waals surface area contributed by atoms with Crippen LogP contribution >= 0.6 is 11.3 Å². The van der Waals surface area contributed by atoms with Crippen LogP contribution in [0.1, 0.15) is 61.0 Å². The number of nitrogens with zero attached hydrogens (tertiary/aromatic N) is 1. The highest BCUT2D eigenvalue weighted by Crippen LogP contribution is 2.45. The molecule has 0 atom stereocenters. The van der Waals surface area contributed by atoms with Gasteiger partial charge in [-0.1, -0.05) is 0 Å². The Bertz CT molecular complexity index is 1060. The number of amides is 1. The van der Waals surface area contributed by atoms with Crippen LogP contribution in [0, 0.1) is 0 Å². The summed E-state index contributed by atoms with van der Waals surface area (Å²) in [5.74, 6) is -1.15. The number of carboxylic acid groups (broad SMARTS) is 1. The molecule has 2 aliphatic heterocycles. The van der Waals surface area contributed by atoms with Crippen molar-refractivity contribution in [3.05, 3.63) is 54.6 Å². The lowest BCUT2D eigenvalue weighted by Gasteiger charge is -2.43. The molecule has 1 spiro atoms. The first-order valence-electron chi connectivity index (χ1n) is 10.0. The molecule has 1 amide bonds. The van der Waals surface area contributed by atoms with Crippen molar-refractivity contribution in [3.63, 3.8) is 0 Å². The van der Waals surface area contributed by atoms with Gasteiger partial charge in [0, 0.05) is 23.7 Å². The molecule has 0 aromatic carbocycles. The van der Waals surface area contributed by atoms with Crippen molar-refractivity contribution >= 4 is 23.2 Å². The summed E-state index contributed by atoms with van der Waals surface area (Å²) in [5.41, 5.74) is 2.47. The maximum absolute atomic E-state index is 13.0. The number of fused-ring (bicyclic) bond motifs is 3. The highest BCUT2D eigenvalue weighted by Gasteiger charge is 2.43. The third kappa shape index (κ3) is 3.02. The SMILES string of the molecule is O=C(O)c1cc2c(s1)C1(CCN(C(=O)c3cc4c([nH]c3=O)CCC4)CC1)OCC2. The van der Waals surface area contributed by atoms with Crippen LogP contribution in [0.2, 0.25) is 0 Å². The Morgan fingerprint density at radius 3 is 2.69 bits per heavy atom. The number of nitrogens with one attached hydrogen (secondary N) is 1. The van der Waals surface area contributed by atoms with Crippen molar-refractivity contribution in [2.45, 2.75) is 44.1 Å². The van der Waals surface area contributed by atoms with E-state index in [1.54, 1.807) is 17.0 Å². The van der Waals surface area contributed by atoms with Gasteiger partial charge in [-0.05, 0) is 61.8 Å². The highest BCUT2D eigenvalue weighted by atomic mass is 32.1. The number of carbonyl (C=O) groups excluding carboxylic acids is 1. The first-order valence-corrected chi connectivity index (χ1v) is 10.8. The van der Waals surface area contributed by atoms with E-state index in [1.165, 1.54) is 11.3 Å². The zero-order valence-electron chi connectivity index (χ0n) is 16.0. The molecule has 0 radical (unpaired) electrons. The lowest BCUT2D eigenvalue weighted by atomic mass is 9.85. The number of thiophene rings is 1. The van der Waals surface area contributed by atoms with E-state index >= 15 is 0 Å². The third-order valence-electron chi connectivity index (χ3n) is 6.36. The molecule has 1 aliphatic carbocycles. The summed E-state index contributed by atoms with van der Waals surface area (Å²) < 4.78 is 6.16. The number of aromatic carboxylic acids is 1. The molecule has 2 aromatic rings. The first-order chi connectivity index (χ1) is 14.0. The number of pyridine rings is 1. The molecule has 8 heteroatoms. The van der Waals surface area contributed by atoms with Gasteiger partial charge >= 0.3 is 5.97 Å². The number of piperidine rings is 1. The lowest BCUT2D eigenvalue weighted by molar-refractivity contribution is -0.0906. The third-order valence-corrected chi connectivity index (χ3v) is 7.71. The van der Waals surface area contributed by atoms with Crippen molar-refractivity contribution in [2.24, 2.45) is 0 Å². The predicted octanol–water partition coefficient (Wildman–Crippen LogP) is 2.33. The molecule has 2 aromatic heterocycles. The van der Waals surface area contributed by atoms with Crippen LogP contribution in [0.4, 0.5) is 0 Å². The zero-order valence-corrected chi connectivity index (χ0v) is 16.8. The van der Waals surface area contributed by atoms with E-state index in [-0.39, 0.29) is 17.0 Å². The molecular weight excluding hydrogens is 392 g/mol. The molecule has 29 heavy (non-hydrogen) atoms. The number of H-pyrrole nitrogens is 1. The van der Waals surface area contributed by atoms with Gasteiger partial charge in [-0.15, -0.1) is 11.3 Å². The van der Waals surface area contributed by atoms with Crippen LogP contribution in [0.3, 0.4) is 0 Å². The Hall–Kier alpha value is -2.45. The van der Waals surface area contributed by atoms with E-state index in [1.807, 2.05) is 0 Å². The minimum absolute atomic E-state index is 0.219. The fourth-order valence-corrected chi connectivity index (χ4v) is 6.06. The van der Waals surface area contributed by atoms with E-state index < -0.39 is 11.6 Å². The number of aryl methyl sites for hydroxylation is 2. The topological polar surface area (TPSA) is 99.7 Å². The molecule has 0 saturated carbocycles. The normalized spacial score (nSPS) is 19.8. The van der Waals surface area contributed by atoms with Crippen LogP contribution in [0.5, 0.6) is 0 Å². The molecular formula is C21H22N2O5S. The minimum Gasteiger partial charge on any atom is -0.477 e. The average Bonchev–Trinajstić information content (AvgIpc) is 3.35. The van der Waals surface area contributed by atoms with Gasteiger partial charge in [-0.3, -0.25) is 9.59 Å². The standard InChI is InChI=1S/C21H22N2O5S/c24-18-14(10-12-2-1-3-15(12)22-18)19(25)23-7-5-21(6-8-23)17-13(4-9-28-21)11-16(29-17)20(26)27/h10-11H,1-9H2,(H,22,24)(H,26,27). The van der Waals surface area contributed by atoms with E-state index in [2.05, 4.69) is 4.98 Å². The summed E-state index contributed by atoms with van der Waals surface area (Å²) in [6.07, 6.45) is 4.70. The molecule has 5 rings (SSSR count). The zero-order chi connectivity index (χ0) is 20.2. The van der Waals surface area contributed by atoms with E-state index in [0.29, 0.717) is 43.8 Å². The van der Waals surface area contributed by atoms with E-state index in [9.17, 15) is 19.5 Å². The second-order valence-electron chi connectivity index (χ2n) is 8.02. The number of aromatic nitrogens is 1. The average molecular weight is 414 g/mol. The molecule has 1 fully saturated rings. The minimum atomic E-state index is -0.914. The van der Waals surface area contributed by atoms with Crippen molar-refractivity contribution in [1.82, 2.24) is 9.88 Å². The second-order valence-corrected chi connectivity index (χ2v) is 9.08. The summed E-state index contributed by atoms with van der Waals surface area (Å²) in [6, 6.07) is 3.52. The van der Waals surface area contributed by atoms with Crippen LogP contribution in [0.25, 0.3) is 0 Å². The van der Waals surface area contributed by atoms with Crippen molar-refractivity contribution in [1.29, 1.82) is 0 Å². The molecule has 0 unspecified atom stereocenters. The number of aromatic amines is 1. The smallest absolute Gasteiger partial charge is 0.345 e. The van der Waals surface area contributed by atoms with Gasteiger partial charge in [0.2, 0.25) is 0 Å². The molecule has 2 N–H and O–H groups in total. The number of carbonyl (C=O) groups is 2. The Labute approximate surface area is 171 Å². The van der Waals surface area contributed by atoms with Gasteiger partial charge in [-0.25, -0.2) is 4.79 Å².